The van der Waals surface area contributed by atoms with Crippen molar-refractivity contribution in [2.45, 2.75) is 13.0 Å². The first-order valence-corrected chi connectivity index (χ1v) is 3.80. The minimum atomic E-state index is 0.413. The van der Waals surface area contributed by atoms with E-state index >= 15 is 0 Å². The molecule has 4 heteroatoms. The minimum Gasteiger partial charge on any atom is -0.381 e. The van der Waals surface area contributed by atoms with Gasteiger partial charge in [-0.15, -0.1) is 0 Å². The van der Waals surface area contributed by atoms with Crippen molar-refractivity contribution in [2.24, 2.45) is 0 Å². The van der Waals surface area contributed by atoms with Gasteiger partial charge in [0.05, 0.1) is 12.7 Å². The average molecular weight is 166 g/mol. The monoisotopic (exact) mass is 166 g/mol. The predicted octanol–water partition coefficient (Wildman–Crippen LogP) is 0.0147. The highest BCUT2D eigenvalue weighted by Gasteiger charge is 2.08. The van der Waals surface area contributed by atoms with Gasteiger partial charge in [-0.25, -0.2) is 9.55 Å². The van der Waals surface area contributed by atoms with Gasteiger partial charge in [0.15, 0.2) is 0 Å². The summed E-state index contributed by atoms with van der Waals surface area (Å²) in [5.41, 5.74) is 0. The van der Waals surface area contributed by atoms with Gasteiger partial charge in [-0.2, -0.15) is 5.26 Å². The van der Waals surface area contributed by atoms with Crippen LogP contribution in [-0.2, 0) is 17.7 Å². The van der Waals surface area contributed by atoms with Crippen LogP contribution in [0.2, 0.25) is 0 Å². The molecule has 12 heavy (non-hydrogen) atoms. The lowest BCUT2D eigenvalue weighted by Gasteiger charge is -1.96. The number of aromatic nitrogens is 2. The van der Waals surface area contributed by atoms with Crippen LogP contribution in [0.15, 0.2) is 12.4 Å². The van der Waals surface area contributed by atoms with Gasteiger partial charge in [0.1, 0.15) is 25.4 Å². The number of rotatable bonds is 4. The molecule has 1 rings (SSSR count). The molecule has 0 aliphatic rings. The molecule has 1 aromatic rings. The molecule has 0 bridgehead atoms. The summed E-state index contributed by atoms with van der Waals surface area (Å²) in [6.07, 6.45) is 4.14. The van der Waals surface area contributed by atoms with Crippen molar-refractivity contribution >= 4 is 0 Å². The summed E-state index contributed by atoms with van der Waals surface area (Å²) in [6, 6.07) is 2.09. The molecule has 1 aromatic heterocycles. The van der Waals surface area contributed by atoms with Crippen molar-refractivity contribution in [2.75, 3.05) is 13.7 Å². The highest BCUT2D eigenvalue weighted by Crippen LogP contribution is 1.86. The topological polar surface area (TPSA) is 52.7 Å². The summed E-state index contributed by atoms with van der Waals surface area (Å²) in [4.78, 5) is 3.00. The molecule has 0 radical (unpaired) electrons. The normalized spacial score (nSPS) is 9.67. The van der Waals surface area contributed by atoms with Gasteiger partial charge in [0.2, 0.25) is 0 Å². The predicted molar refractivity (Wildman–Crippen MR) is 42.2 cm³/mol. The molecule has 0 unspecified atom stereocenters. The summed E-state index contributed by atoms with van der Waals surface area (Å²) in [5.74, 6) is 0.926. The molecule has 1 heterocycles. The molecule has 64 valence electrons. The van der Waals surface area contributed by atoms with Gasteiger partial charge in [0.25, 0.3) is 5.82 Å². The van der Waals surface area contributed by atoms with Crippen LogP contribution >= 0.6 is 0 Å². The Morgan fingerprint density at radius 2 is 2.58 bits per heavy atom. The zero-order valence-electron chi connectivity index (χ0n) is 7.08. The van der Waals surface area contributed by atoms with E-state index in [4.69, 9.17) is 10.00 Å². The summed E-state index contributed by atoms with van der Waals surface area (Å²) in [7, 11) is 1.66. The van der Waals surface area contributed by atoms with Crippen LogP contribution in [0, 0.1) is 11.3 Å². The first-order valence-electron chi connectivity index (χ1n) is 3.80. The SMILES string of the molecule is COCC[n+]1cc[nH]c1CC#N. The fourth-order valence-electron chi connectivity index (χ4n) is 1.02. The third-order valence-corrected chi connectivity index (χ3v) is 1.63. The Kier molecular flexibility index (Phi) is 3.30. The van der Waals surface area contributed by atoms with Gasteiger partial charge in [0, 0.05) is 7.11 Å². The third kappa shape index (κ3) is 2.07. The van der Waals surface area contributed by atoms with Crippen molar-refractivity contribution in [1.29, 1.82) is 5.26 Å². The molecule has 0 atom stereocenters. The summed E-state index contributed by atoms with van der Waals surface area (Å²) < 4.78 is 6.91. The fourth-order valence-corrected chi connectivity index (χ4v) is 1.02. The molecular weight excluding hydrogens is 154 g/mol. The van der Waals surface area contributed by atoms with Crippen LogP contribution in [0.4, 0.5) is 0 Å². The second-order valence-corrected chi connectivity index (χ2v) is 2.43. The second kappa shape index (κ2) is 4.52. The lowest BCUT2D eigenvalue weighted by Crippen LogP contribution is -2.37. The lowest BCUT2D eigenvalue weighted by atomic mass is 10.4. The van der Waals surface area contributed by atoms with E-state index < -0.39 is 0 Å². The number of hydrogen-bond acceptors (Lipinski definition) is 2. The molecular formula is C8H12N3O+. The van der Waals surface area contributed by atoms with E-state index in [0.717, 1.165) is 12.4 Å². The largest absolute Gasteiger partial charge is 0.381 e. The third-order valence-electron chi connectivity index (χ3n) is 1.63. The maximum Gasteiger partial charge on any atom is 0.268 e. The Morgan fingerprint density at radius 1 is 1.75 bits per heavy atom. The molecule has 0 amide bonds. The van der Waals surface area contributed by atoms with E-state index in [1.165, 1.54) is 0 Å². The molecule has 0 aliphatic heterocycles. The lowest BCUT2D eigenvalue weighted by molar-refractivity contribution is -0.703. The standard InChI is InChI=1S/C8H11N3O/c1-12-7-6-11-5-4-10-8(11)2-3-9/h4-5H,2,6-7H2,1H3/p+1. The van der Waals surface area contributed by atoms with Crippen molar-refractivity contribution in [1.82, 2.24) is 4.98 Å². The van der Waals surface area contributed by atoms with Crippen LogP contribution in [0.25, 0.3) is 0 Å². The van der Waals surface area contributed by atoms with Gasteiger partial charge < -0.3 is 4.74 Å². The summed E-state index contributed by atoms with van der Waals surface area (Å²) in [6.45, 7) is 1.46. The number of aromatic amines is 1. The minimum absolute atomic E-state index is 0.413. The summed E-state index contributed by atoms with van der Waals surface area (Å²) in [5, 5.41) is 8.47. The van der Waals surface area contributed by atoms with E-state index in [9.17, 15) is 0 Å². The molecule has 0 spiro atoms. The molecule has 4 nitrogen and oxygen atoms in total. The Morgan fingerprint density at radius 3 is 3.25 bits per heavy atom. The van der Waals surface area contributed by atoms with Gasteiger partial charge in [-0.05, 0) is 0 Å². The number of nitriles is 1. The molecule has 0 saturated carbocycles. The van der Waals surface area contributed by atoms with E-state index in [0.29, 0.717) is 13.0 Å². The van der Waals surface area contributed by atoms with E-state index in [1.807, 2.05) is 17.0 Å². The summed E-state index contributed by atoms with van der Waals surface area (Å²) >= 11 is 0. The van der Waals surface area contributed by atoms with Crippen molar-refractivity contribution in [3.8, 4) is 6.07 Å². The maximum atomic E-state index is 8.47. The van der Waals surface area contributed by atoms with E-state index in [1.54, 1.807) is 7.11 Å². The number of nitrogens with one attached hydrogen (secondary N) is 1. The Labute approximate surface area is 71.4 Å². The number of methoxy groups -OCH3 is 1. The molecule has 0 saturated heterocycles. The van der Waals surface area contributed by atoms with Crippen molar-refractivity contribution in [3.63, 3.8) is 0 Å². The first-order chi connectivity index (χ1) is 5.88. The van der Waals surface area contributed by atoms with E-state index in [-0.39, 0.29) is 0 Å². The zero-order valence-corrected chi connectivity index (χ0v) is 7.08. The Bertz CT molecular complexity index is 274. The highest BCUT2D eigenvalue weighted by molar-refractivity contribution is 4.88. The number of nitrogens with zero attached hydrogens (tertiary/aromatic N) is 2. The van der Waals surface area contributed by atoms with E-state index in [2.05, 4.69) is 11.1 Å². The van der Waals surface area contributed by atoms with Crippen molar-refractivity contribution < 1.29 is 9.30 Å². The van der Waals surface area contributed by atoms with Gasteiger partial charge in [-0.3, -0.25) is 0 Å². The van der Waals surface area contributed by atoms with Gasteiger partial charge >= 0.3 is 0 Å². The highest BCUT2D eigenvalue weighted by atomic mass is 16.5. The number of imidazole rings is 1. The quantitative estimate of drug-likeness (QED) is 0.641. The Hall–Kier alpha value is -1.34. The Balaban J connectivity index is 2.58. The number of ether oxygens (including phenoxy) is 1. The zero-order chi connectivity index (χ0) is 8.81. The first kappa shape index (κ1) is 8.75. The van der Waals surface area contributed by atoms with Crippen LogP contribution in [0.1, 0.15) is 5.82 Å². The second-order valence-electron chi connectivity index (χ2n) is 2.43. The fraction of sp³-hybridized carbons (Fsp3) is 0.500. The average Bonchev–Trinajstić information content (AvgIpc) is 2.50. The number of H-pyrrole nitrogens is 1. The maximum absolute atomic E-state index is 8.47. The number of hydrogen-bond donors (Lipinski definition) is 1. The van der Waals surface area contributed by atoms with Gasteiger partial charge in [-0.1, -0.05) is 0 Å². The van der Waals surface area contributed by atoms with Crippen molar-refractivity contribution in [3.05, 3.63) is 18.2 Å². The smallest absolute Gasteiger partial charge is 0.268 e. The molecule has 0 aromatic carbocycles. The molecule has 1 N–H and O–H groups in total. The van der Waals surface area contributed by atoms with Crippen LogP contribution in [-0.4, -0.2) is 18.7 Å². The van der Waals surface area contributed by atoms with Crippen LogP contribution in [0.5, 0.6) is 0 Å². The molecule has 0 fully saturated rings. The molecule has 0 aliphatic carbocycles. The van der Waals surface area contributed by atoms with Crippen LogP contribution < -0.4 is 4.57 Å². The van der Waals surface area contributed by atoms with Crippen LogP contribution in [0.3, 0.4) is 0 Å².